The van der Waals surface area contributed by atoms with Crippen molar-refractivity contribution >= 4 is 23.1 Å². The summed E-state index contributed by atoms with van der Waals surface area (Å²) in [5.41, 5.74) is 7.58. The Hall–Kier alpha value is -0.830. The number of nitrogens with one attached hydrogen (secondary N) is 1. The van der Waals surface area contributed by atoms with Crippen LogP contribution in [0, 0.1) is 0 Å². The Labute approximate surface area is 83.9 Å². The van der Waals surface area contributed by atoms with Gasteiger partial charge in [-0.2, -0.15) is 0 Å². The fraction of sp³-hybridized carbons (Fsp3) is 0.400. The minimum atomic E-state index is 0.809. The molecule has 0 aliphatic rings. The third-order valence-electron chi connectivity index (χ3n) is 1.77. The molecule has 0 fully saturated rings. The molecule has 0 spiro atoms. The van der Waals surface area contributed by atoms with Gasteiger partial charge in [0.25, 0.3) is 0 Å². The Morgan fingerprint density at radius 2 is 2.23 bits per heavy atom. The van der Waals surface area contributed by atoms with Gasteiger partial charge in [0.2, 0.25) is 0 Å². The van der Waals surface area contributed by atoms with Gasteiger partial charge in [-0.15, -0.1) is 11.8 Å². The van der Waals surface area contributed by atoms with E-state index in [0.717, 1.165) is 17.1 Å². The van der Waals surface area contributed by atoms with Crippen LogP contribution in [0.25, 0.3) is 0 Å². The van der Waals surface area contributed by atoms with E-state index in [2.05, 4.69) is 24.4 Å². The molecule has 0 atom stereocenters. The van der Waals surface area contributed by atoms with E-state index in [1.54, 1.807) is 0 Å². The number of benzene rings is 1. The SMILES string of the molecule is CCCSc1ccc(N)c(NC)c1. The van der Waals surface area contributed by atoms with Crippen molar-refractivity contribution in [1.29, 1.82) is 0 Å². The predicted octanol–water partition coefficient (Wildman–Crippen LogP) is 2.81. The second-order valence-electron chi connectivity index (χ2n) is 2.85. The molecule has 0 saturated heterocycles. The molecule has 1 aromatic rings. The minimum absolute atomic E-state index is 0.809. The van der Waals surface area contributed by atoms with Crippen LogP contribution in [0.3, 0.4) is 0 Å². The summed E-state index contributed by atoms with van der Waals surface area (Å²) in [5.74, 6) is 1.16. The lowest BCUT2D eigenvalue weighted by Gasteiger charge is -2.07. The number of rotatable bonds is 4. The number of hydrogen-bond donors (Lipinski definition) is 2. The quantitative estimate of drug-likeness (QED) is 0.574. The molecule has 0 bridgehead atoms. The molecule has 0 saturated carbocycles. The zero-order valence-corrected chi connectivity index (χ0v) is 8.95. The zero-order chi connectivity index (χ0) is 9.68. The lowest BCUT2D eigenvalue weighted by molar-refractivity contribution is 1.10. The second kappa shape index (κ2) is 5.02. The van der Waals surface area contributed by atoms with E-state index >= 15 is 0 Å². The van der Waals surface area contributed by atoms with E-state index in [-0.39, 0.29) is 0 Å². The molecule has 0 aromatic heterocycles. The van der Waals surface area contributed by atoms with Crippen molar-refractivity contribution in [2.45, 2.75) is 18.2 Å². The highest BCUT2D eigenvalue weighted by molar-refractivity contribution is 7.99. The molecule has 0 radical (unpaired) electrons. The van der Waals surface area contributed by atoms with Gasteiger partial charge in [0, 0.05) is 11.9 Å². The molecule has 1 aromatic carbocycles. The van der Waals surface area contributed by atoms with Crippen LogP contribution in [0.15, 0.2) is 23.1 Å². The molecule has 0 aliphatic heterocycles. The fourth-order valence-electron chi connectivity index (χ4n) is 1.06. The normalized spacial score (nSPS) is 10.0. The first-order chi connectivity index (χ1) is 6.27. The number of anilines is 2. The highest BCUT2D eigenvalue weighted by atomic mass is 32.2. The van der Waals surface area contributed by atoms with Crippen LogP contribution in [0.1, 0.15) is 13.3 Å². The van der Waals surface area contributed by atoms with E-state index in [1.165, 1.54) is 11.3 Å². The van der Waals surface area contributed by atoms with Gasteiger partial charge in [-0.1, -0.05) is 6.92 Å². The van der Waals surface area contributed by atoms with Crippen LogP contribution in [0.2, 0.25) is 0 Å². The summed E-state index contributed by atoms with van der Waals surface area (Å²) in [6.45, 7) is 2.18. The van der Waals surface area contributed by atoms with Gasteiger partial charge in [-0.05, 0) is 30.4 Å². The zero-order valence-electron chi connectivity index (χ0n) is 8.13. The van der Waals surface area contributed by atoms with Crippen molar-refractivity contribution < 1.29 is 0 Å². The maximum absolute atomic E-state index is 5.76. The Morgan fingerprint density at radius 3 is 2.85 bits per heavy atom. The maximum atomic E-state index is 5.76. The molecular formula is C10H16N2S. The molecule has 3 N–H and O–H groups in total. The molecule has 2 nitrogen and oxygen atoms in total. The molecule has 0 aliphatic carbocycles. The van der Waals surface area contributed by atoms with Gasteiger partial charge in [-0.25, -0.2) is 0 Å². The number of nitrogen functional groups attached to an aromatic ring is 1. The summed E-state index contributed by atoms with van der Waals surface area (Å²) in [6.07, 6.45) is 1.20. The first kappa shape index (κ1) is 10.3. The van der Waals surface area contributed by atoms with Crippen LogP contribution in [-0.2, 0) is 0 Å². The summed E-state index contributed by atoms with van der Waals surface area (Å²) in [7, 11) is 1.89. The molecule has 1 rings (SSSR count). The molecule has 0 unspecified atom stereocenters. The minimum Gasteiger partial charge on any atom is -0.397 e. The Balaban J connectivity index is 2.74. The van der Waals surface area contributed by atoms with Crippen LogP contribution < -0.4 is 11.1 Å². The van der Waals surface area contributed by atoms with Crippen LogP contribution in [-0.4, -0.2) is 12.8 Å². The summed E-state index contributed by atoms with van der Waals surface area (Å²) in [5, 5.41) is 3.07. The van der Waals surface area contributed by atoms with Crippen LogP contribution in [0.4, 0.5) is 11.4 Å². The van der Waals surface area contributed by atoms with Crippen molar-refractivity contribution in [1.82, 2.24) is 0 Å². The van der Waals surface area contributed by atoms with E-state index < -0.39 is 0 Å². The molecule has 0 amide bonds. The summed E-state index contributed by atoms with van der Waals surface area (Å²) >= 11 is 1.86. The van der Waals surface area contributed by atoms with Crippen LogP contribution in [0.5, 0.6) is 0 Å². The Morgan fingerprint density at radius 1 is 1.46 bits per heavy atom. The molecular weight excluding hydrogens is 180 g/mol. The highest BCUT2D eigenvalue weighted by Crippen LogP contribution is 2.26. The summed E-state index contributed by atoms with van der Waals surface area (Å²) < 4.78 is 0. The number of nitrogens with two attached hydrogens (primary N) is 1. The van der Waals surface area contributed by atoms with Crippen molar-refractivity contribution in [2.24, 2.45) is 0 Å². The van der Waals surface area contributed by atoms with Gasteiger partial charge in [0.05, 0.1) is 11.4 Å². The second-order valence-corrected chi connectivity index (χ2v) is 4.02. The van der Waals surface area contributed by atoms with Gasteiger partial charge in [0.15, 0.2) is 0 Å². The van der Waals surface area contributed by atoms with E-state index in [4.69, 9.17) is 5.73 Å². The van der Waals surface area contributed by atoms with Gasteiger partial charge in [0.1, 0.15) is 0 Å². The predicted molar refractivity (Wildman–Crippen MR) is 61.4 cm³/mol. The fourth-order valence-corrected chi connectivity index (χ4v) is 1.87. The lowest BCUT2D eigenvalue weighted by atomic mass is 10.3. The summed E-state index contributed by atoms with van der Waals surface area (Å²) in [4.78, 5) is 1.28. The average Bonchev–Trinajstić information content (AvgIpc) is 2.16. The number of thioether (sulfide) groups is 1. The smallest absolute Gasteiger partial charge is 0.0582 e. The van der Waals surface area contributed by atoms with Gasteiger partial charge < -0.3 is 11.1 Å². The molecule has 3 heteroatoms. The monoisotopic (exact) mass is 196 g/mol. The maximum Gasteiger partial charge on any atom is 0.0582 e. The first-order valence-corrected chi connectivity index (χ1v) is 5.46. The Kier molecular flexibility index (Phi) is 3.96. The number of hydrogen-bond acceptors (Lipinski definition) is 3. The van der Waals surface area contributed by atoms with Crippen molar-refractivity contribution in [2.75, 3.05) is 23.9 Å². The lowest BCUT2D eigenvalue weighted by Crippen LogP contribution is -1.95. The third-order valence-corrected chi connectivity index (χ3v) is 2.97. The van der Waals surface area contributed by atoms with Crippen molar-refractivity contribution in [3.05, 3.63) is 18.2 Å². The Bertz CT molecular complexity index is 274. The molecule has 72 valence electrons. The first-order valence-electron chi connectivity index (χ1n) is 4.48. The van der Waals surface area contributed by atoms with E-state index in [1.807, 2.05) is 24.9 Å². The standard InChI is InChI=1S/C10H16N2S/c1-3-6-13-8-4-5-9(11)10(7-8)12-2/h4-5,7,12H,3,6,11H2,1-2H3. The van der Waals surface area contributed by atoms with Crippen molar-refractivity contribution in [3.8, 4) is 0 Å². The largest absolute Gasteiger partial charge is 0.397 e. The van der Waals surface area contributed by atoms with Crippen molar-refractivity contribution in [3.63, 3.8) is 0 Å². The average molecular weight is 196 g/mol. The molecule has 0 heterocycles. The summed E-state index contributed by atoms with van der Waals surface area (Å²) in [6, 6.07) is 6.11. The van der Waals surface area contributed by atoms with E-state index in [0.29, 0.717) is 0 Å². The topological polar surface area (TPSA) is 38.0 Å². The third kappa shape index (κ3) is 2.84. The van der Waals surface area contributed by atoms with Crippen LogP contribution >= 0.6 is 11.8 Å². The van der Waals surface area contributed by atoms with Gasteiger partial charge >= 0.3 is 0 Å². The highest BCUT2D eigenvalue weighted by Gasteiger charge is 1.98. The van der Waals surface area contributed by atoms with E-state index in [9.17, 15) is 0 Å². The van der Waals surface area contributed by atoms with Gasteiger partial charge in [-0.3, -0.25) is 0 Å². The molecule has 13 heavy (non-hydrogen) atoms.